The monoisotopic (exact) mass is 229 g/mol. The van der Waals surface area contributed by atoms with Crippen molar-refractivity contribution in [3.05, 3.63) is 39.7 Å². The van der Waals surface area contributed by atoms with Crippen molar-refractivity contribution in [3.63, 3.8) is 0 Å². The molecule has 1 aromatic rings. The van der Waals surface area contributed by atoms with Crippen molar-refractivity contribution in [2.75, 3.05) is 0 Å². The van der Waals surface area contributed by atoms with Crippen molar-refractivity contribution in [2.45, 2.75) is 12.5 Å². The zero-order valence-corrected chi connectivity index (χ0v) is 7.96. The fraction of sp³-hybridized carbons (Fsp3) is 0.222. The second-order valence-corrected chi connectivity index (χ2v) is 3.08. The molecule has 0 fully saturated rings. The molecular formula is C9H8FNO5. The number of benzene rings is 1. The molecule has 0 aliphatic heterocycles. The van der Waals surface area contributed by atoms with E-state index in [0.717, 1.165) is 18.2 Å². The fourth-order valence-corrected chi connectivity index (χ4v) is 1.16. The van der Waals surface area contributed by atoms with Crippen molar-refractivity contribution in [3.8, 4) is 0 Å². The minimum atomic E-state index is -1.38. The number of nitro groups is 1. The molecule has 0 bridgehead atoms. The van der Waals surface area contributed by atoms with E-state index in [0.29, 0.717) is 0 Å². The number of carbonyl (C=O) groups is 1. The standard InChI is InChI=1S/C9H8FNO5/c10-6-3-5(8(12)4-9(13)14)1-2-7(6)11(15)16/h1-3,8,12H,4H2,(H,13,14)/t8-/m1/s1. The zero-order chi connectivity index (χ0) is 12.3. The van der Waals surface area contributed by atoms with Gasteiger partial charge in [-0.15, -0.1) is 0 Å². The van der Waals surface area contributed by atoms with Gasteiger partial charge < -0.3 is 10.2 Å². The van der Waals surface area contributed by atoms with Crippen LogP contribution >= 0.6 is 0 Å². The Hall–Kier alpha value is -2.02. The number of halogens is 1. The molecule has 1 aromatic carbocycles. The van der Waals surface area contributed by atoms with Crippen LogP contribution in [0.3, 0.4) is 0 Å². The molecule has 0 heterocycles. The van der Waals surface area contributed by atoms with Crippen molar-refractivity contribution in [1.82, 2.24) is 0 Å². The van der Waals surface area contributed by atoms with E-state index in [1.54, 1.807) is 0 Å². The van der Waals surface area contributed by atoms with E-state index in [-0.39, 0.29) is 5.56 Å². The molecule has 86 valence electrons. The molecule has 2 N–H and O–H groups in total. The molecule has 0 aliphatic rings. The number of rotatable bonds is 4. The van der Waals surface area contributed by atoms with Gasteiger partial charge in [0.05, 0.1) is 17.4 Å². The van der Waals surface area contributed by atoms with Gasteiger partial charge in [0.1, 0.15) is 0 Å². The minimum absolute atomic E-state index is 0.00880. The topological polar surface area (TPSA) is 101 Å². The molecule has 0 unspecified atom stereocenters. The molecule has 16 heavy (non-hydrogen) atoms. The van der Waals surface area contributed by atoms with Crippen LogP contribution in [0.2, 0.25) is 0 Å². The smallest absolute Gasteiger partial charge is 0.306 e. The number of aliphatic carboxylic acids is 1. The van der Waals surface area contributed by atoms with E-state index in [4.69, 9.17) is 5.11 Å². The normalized spacial score (nSPS) is 12.1. The first-order valence-corrected chi connectivity index (χ1v) is 4.25. The van der Waals surface area contributed by atoms with Crippen molar-refractivity contribution < 1.29 is 24.3 Å². The first-order chi connectivity index (χ1) is 7.41. The Labute approximate surface area is 89.1 Å². The van der Waals surface area contributed by atoms with E-state index in [2.05, 4.69) is 0 Å². The van der Waals surface area contributed by atoms with Gasteiger partial charge in [0.15, 0.2) is 0 Å². The third-order valence-corrected chi connectivity index (χ3v) is 1.92. The number of carboxylic acids is 1. The number of aliphatic hydroxyl groups is 1. The van der Waals surface area contributed by atoms with Gasteiger partial charge in [-0.25, -0.2) is 0 Å². The molecule has 0 aromatic heterocycles. The van der Waals surface area contributed by atoms with E-state index in [1.165, 1.54) is 0 Å². The number of aliphatic hydroxyl groups excluding tert-OH is 1. The number of nitro benzene ring substituents is 1. The second kappa shape index (κ2) is 4.67. The van der Waals surface area contributed by atoms with Crippen LogP contribution in [0.25, 0.3) is 0 Å². The Kier molecular flexibility index (Phi) is 3.51. The van der Waals surface area contributed by atoms with Crippen LogP contribution in [0.5, 0.6) is 0 Å². The van der Waals surface area contributed by atoms with Crippen LogP contribution < -0.4 is 0 Å². The predicted molar refractivity (Wildman–Crippen MR) is 50.3 cm³/mol. The molecule has 0 saturated carbocycles. The SMILES string of the molecule is O=C(O)C[C@@H](O)c1ccc([N+](=O)[O-])c(F)c1. The molecule has 6 nitrogen and oxygen atoms in total. The number of hydrogen-bond donors (Lipinski definition) is 2. The molecule has 0 spiro atoms. The van der Waals surface area contributed by atoms with Crippen LogP contribution in [0.15, 0.2) is 18.2 Å². The van der Waals surface area contributed by atoms with Crippen molar-refractivity contribution >= 4 is 11.7 Å². The van der Waals surface area contributed by atoms with Gasteiger partial charge in [0.25, 0.3) is 0 Å². The number of hydrogen-bond acceptors (Lipinski definition) is 4. The van der Waals surface area contributed by atoms with Crippen LogP contribution in [0.1, 0.15) is 18.1 Å². The van der Waals surface area contributed by atoms with Gasteiger partial charge in [0.2, 0.25) is 5.82 Å². The molecule has 0 aliphatic carbocycles. The summed E-state index contributed by atoms with van der Waals surface area (Å²) in [5.74, 6) is -2.35. The van der Waals surface area contributed by atoms with Crippen LogP contribution in [0.4, 0.5) is 10.1 Å². The summed E-state index contributed by atoms with van der Waals surface area (Å²) < 4.78 is 13.1. The Morgan fingerprint density at radius 3 is 2.62 bits per heavy atom. The molecule has 7 heteroatoms. The highest BCUT2D eigenvalue weighted by Crippen LogP contribution is 2.23. The quantitative estimate of drug-likeness (QED) is 0.597. The Morgan fingerprint density at radius 2 is 2.19 bits per heavy atom. The molecule has 0 saturated heterocycles. The summed E-state index contributed by atoms with van der Waals surface area (Å²) in [5, 5.41) is 28.0. The lowest BCUT2D eigenvalue weighted by atomic mass is 10.1. The first-order valence-electron chi connectivity index (χ1n) is 4.25. The van der Waals surface area contributed by atoms with E-state index >= 15 is 0 Å². The first kappa shape index (κ1) is 12.1. The fourth-order valence-electron chi connectivity index (χ4n) is 1.16. The maximum absolute atomic E-state index is 13.1. The van der Waals surface area contributed by atoms with Gasteiger partial charge in [-0.3, -0.25) is 14.9 Å². The Bertz CT molecular complexity index is 434. The Morgan fingerprint density at radius 1 is 1.56 bits per heavy atom. The Balaban J connectivity index is 2.96. The summed E-state index contributed by atoms with van der Waals surface area (Å²) >= 11 is 0. The summed E-state index contributed by atoms with van der Waals surface area (Å²) in [7, 11) is 0. The zero-order valence-electron chi connectivity index (χ0n) is 7.96. The number of carboxylic acid groups (broad SMARTS) is 1. The lowest BCUT2D eigenvalue weighted by Crippen LogP contribution is -2.06. The van der Waals surface area contributed by atoms with Gasteiger partial charge in [0, 0.05) is 6.07 Å². The van der Waals surface area contributed by atoms with E-state index in [1.807, 2.05) is 0 Å². The lowest BCUT2D eigenvalue weighted by molar-refractivity contribution is -0.387. The maximum Gasteiger partial charge on any atom is 0.306 e. The highest BCUT2D eigenvalue weighted by atomic mass is 19.1. The third kappa shape index (κ3) is 2.74. The predicted octanol–water partition coefficient (Wildman–Crippen LogP) is 1.24. The highest BCUT2D eigenvalue weighted by Gasteiger charge is 2.18. The maximum atomic E-state index is 13.1. The molecule has 1 atom stereocenters. The third-order valence-electron chi connectivity index (χ3n) is 1.92. The number of nitrogens with zero attached hydrogens (tertiary/aromatic N) is 1. The minimum Gasteiger partial charge on any atom is -0.481 e. The highest BCUT2D eigenvalue weighted by molar-refractivity contribution is 5.67. The summed E-state index contributed by atoms with van der Waals surface area (Å²) in [6.07, 6.45) is -1.97. The average Bonchev–Trinajstić information content (AvgIpc) is 2.15. The van der Waals surface area contributed by atoms with Gasteiger partial charge in [-0.2, -0.15) is 4.39 Å². The second-order valence-electron chi connectivity index (χ2n) is 3.08. The van der Waals surface area contributed by atoms with Crippen molar-refractivity contribution in [2.24, 2.45) is 0 Å². The lowest BCUT2D eigenvalue weighted by Gasteiger charge is -2.07. The molecular weight excluding hydrogens is 221 g/mol. The van der Waals surface area contributed by atoms with Crippen molar-refractivity contribution in [1.29, 1.82) is 0 Å². The van der Waals surface area contributed by atoms with Gasteiger partial charge >= 0.3 is 11.7 Å². The average molecular weight is 229 g/mol. The molecule has 1 rings (SSSR count). The molecule has 0 amide bonds. The summed E-state index contributed by atoms with van der Waals surface area (Å²) in [6, 6.07) is 2.76. The summed E-state index contributed by atoms with van der Waals surface area (Å²) in [6.45, 7) is 0. The van der Waals surface area contributed by atoms with Crippen LogP contribution in [-0.4, -0.2) is 21.1 Å². The van der Waals surface area contributed by atoms with Crippen LogP contribution in [0, 0.1) is 15.9 Å². The summed E-state index contributed by atoms with van der Waals surface area (Å²) in [4.78, 5) is 19.7. The summed E-state index contributed by atoms with van der Waals surface area (Å²) in [5.41, 5.74) is -0.725. The largest absolute Gasteiger partial charge is 0.481 e. The van der Waals surface area contributed by atoms with Gasteiger partial charge in [-0.1, -0.05) is 0 Å². The molecule has 0 radical (unpaired) electrons. The van der Waals surface area contributed by atoms with E-state index < -0.39 is 34.9 Å². The van der Waals surface area contributed by atoms with E-state index in [9.17, 15) is 24.4 Å². The van der Waals surface area contributed by atoms with Crippen LogP contribution in [-0.2, 0) is 4.79 Å². The van der Waals surface area contributed by atoms with Gasteiger partial charge in [-0.05, 0) is 17.7 Å².